The molecule has 1 N–H and O–H groups in total. The van der Waals surface area contributed by atoms with E-state index >= 15 is 0 Å². The Morgan fingerprint density at radius 3 is 1.13 bits per heavy atom. The molecule has 13 rings (SSSR count). The number of esters is 10. The molecule has 10 aromatic rings. The average Bonchev–Trinajstić information content (AvgIpc) is 0.703. The van der Waals surface area contributed by atoms with Crippen LogP contribution in [0.15, 0.2) is 200 Å². The van der Waals surface area contributed by atoms with Gasteiger partial charge in [0.1, 0.15) is 90.4 Å². The number of ether oxygens (including phenoxy) is 17. The maximum absolute atomic E-state index is 14.7. The summed E-state index contributed by atoms with van der Waals surface area (Å²) in [6, 6.07) is 55.3. The maximum atomic E-state index is 14.7. The quantitative estimate of drug-likeness (QED) is 0.0369. The Balaban J connectivity index is 1.17. The predicted octanol–water partition coefficient (Wildman–Crippen LogP) is 14.8. The molecule has 121 heavy (non-hydrogen) atoms. The molecule has 0 aromatic heterocycles. The summed E-state index contributed by atoms with van der Waals surface area (Å²) in [4.78, 5) is 137. The minimum absolute atomic E-state index is 0.00405. The summed E-state index contributed by atoms with van der Waals surface area (Å²) in [7, 11) is 0. The van der Waals surface area contributed by atoms with Gasteiger partial charge in [0.25, 0.3) is 0 Å². The van der Waals surface area contributed by atoms with Crippen molar-refractivity contribution in [1.29, 1.82) is 0 Å². The van der Waals surface area contributed by atoms with E-state index in [0.717, 1.165) is 98.1 Å². The number of rotatable bonds is 27. The standard InChI is InChI=1S/C93H82O28/c1-49(94)109-69-35-32-63(38-73(69)112-52(4)97)88-80(117-57(9)102)42-67-71(111-51(3)96)43-77(114-54(6)99)83(91(67)120-88)86-84-79(116-56(8)101)44-78(115-55(7)100)82(92(84)121-90(93(86)118-58(10)103)65-33-36-70(110-50(2)95)74(39-65)113-53(5)98)85-81-75(108-48-62-29-21-14-22-30-62)40-66(105-45-59-23-15-11-16-24-59)41-76(81)119-89(87(85)104)64-31-34-68(106-46-60-25-17-12-18-26-60)72(37-64)107-47-61-27-19-13-20-28-61/h11-41,43-44,80,85-90,93,104H,42,45-48H2,1-10H3/t80-,85+,86-,87+,88-,89-,90-,93+/m1/s1. The average molecular weight is 1650 g/mol. The van der Waals surface area contributed by atoms with Crippen molar-refractivity contribution in [1.82, 2.24) is 0 Å². The lowest BCUT2D eigenvalue weighted by molar-refractivity contribution is -0.154. The van der Waals surface area contributed by atoms with Gasteiger partial charge in [-0.15, -0.1) is 0 Å². The van der Waals surface area contributed by atoms with Gasteiger partial charge < -0.3 is 85.6 Å². The van der Waals surface area contributed by atoms with Crippen LogP contribution >= 0.6 is 0 Å². The summed E-state index contributed by atoms with van der Waals surface area (Å²) >= 11 is 0. The first-order valence-corrected chi connectivity index (χ1v) is 38.3. The van der Waals surface area contributed by atoms with E-state index in [1.165, 1.54) is 36.4 Å². The number of fused-ring (bicyclic) bond motifs is 3. The van der Waals surface area contributed by atoms with Crippen molar-refractivity contribution in [3.05, 3.63) is 267 Å². The first-order chi connectivity index (χ1) is 58.1. The molecule has 3 aliphatic rings. The summed E-state index contributed by atoms with van der Waals surface area (Å²) < 4.78 is 109. The second kappa shape index (κ2) is 37.4. The number of carbonyl (C=O) groups is 10. The van der Waals surface area contributed by atoms with E-state index in [-0.39, 0.29) is 123 Å². The summed E-state index contributed by atoms with van der Waals surface area (Å²) in [5.41, 5.74) is 2.24. The van der Waals surface area contributed by atoms with E-state index in [1.807, 2.05) is 109 Å². The van der Waals surface area contributed by atoms with Crippen molar-refractivity contribution in [3.63, 3.8) is 0 Å². The number of aliphatic hydroxyl groups is 1. The van der Waals surface area contributed by atoms with E-state index in [1.54, 1.807) is 42.5 Å². The summed E-state index contributed by atoms with van der Waals surface area (Å²) in [6.07, 6.45) is -10.9. The number of benzene rings is 10. The number of aliphatic hydroxyl groups excluding tert-OH is 1. The Bertz CT molecular complexity index is 5630. The SMILES string of the molecule is CC(=O)Oc1ccc([C@H]2Oc3c([C@@H]4c5c(OCc6ccccc6)cc(OCc6ccccc6)cc5O[C@H](c5ccc(OCc6ccccc6)c(OCc6ccccc6)c5)[C@H]4O)c(OC(C)=O)cc(OC(C)=O)c3[C@@H](c3c(OC(C)=O)cc(OC(C)=O)c4c3O[C@H](c3ccc(OC(C)=O)c(OC(C)=O)c3)[C@H](OC(C)=O)C4)[C@@H]2OC(C)=O)cc1OC(C)=O. The van der Waals surface area contributed by atoms with Crippen LogP contribution in [0.1, 0.15) is 166 Å². The molecule has 10 aromatic carbocycles. The monoisotopic (exact) mass is 1650 g/mol. The zero-order valence-electron chi connectivity index (χ0n) is 67.2. The van der Waals surface area contributed by atoms with Gasteiger partial charge in [-0.1, -0.05) is 140 Å². The largest absolute Gasteiger partial charge is 0.489 e. The van der Waals surface area contributed by atoms with Gasteiger partial charge in [-0.3, -0.25) is 47.9 Å². The van der Waals surface area contributed by atoms with Crippen LogP contribution in [0.4, 0.5) is 0 Å². The zero-order valence-corrected chi connectivity index (χ0v) is 67.2. The topological polar surface area (TPSA) is 348 Å². The molecule has 622 valence electrons. The molecule has 0 saturated carbocycles. The Kier molecular flexibility index (Phi) is 26.1. The first-order valence-electron chi connectivity index (χ1n) is 38.3. The summed E-state index contributed by atoms with van der Waals surface area (Å²) in [5, 5.41) is 14.5. The highest BCUT2D eigenvalue weighted by Crippen LogP contribution is 2.64. The molecule has 0 amide bonds. The molecule has 28 heteroatoms. The van der Waals surface area contributed by atoms with Crippen LogP contribution < -0.4 is 71.1 Å². The van der Waals surface area contributed by atoms with Crippen molar-refractivity contribution >= 4 is 59.7 Å². The fraction of sp³-hybridized carbons (Fsp3) is 0.247. The van der Waals surface area contributed by atoms with Crippen molar-refractivity contribution < 1.29 is 134 Å². The van der Waals surface area contributed by atoms with Gasteiger partial charge in [0.2, 0.25) is 0 Å². The van der Waals surface area contributed by atoms with Crippen LogP contribution in [-0.2, 0) is 90.3 Å². The summed E-state index contributed by atoms with van der Waals surface area (Å²) in [6.45, 7) is 10.8. The van der Waals surface area contributed by atoms with Gasteiger partial charge in [0.05, 0.1) is 11.8 Å². The smallest absolute Gasteiger partial charge is 0.308 e. The Labute approximate surface area is 693 Å². The lowest BCUT2D eigenvalue weighted by Crippen LogP contribution is -2.41. The molecule has 0 spiro atoms. The minimum Gasteiger partial charge on any atom is -0.489 e. The van der Waals surface area contributed by atoms with Crippen molar-refractivity contribution in [3.8, 4) is 86.2 Å². The van der Waals surface area contributed by atoms with E-state index in [2.05, 4.69) is 0 Å². The van der Waals surface area contributed by atoms with Crippen LogP contribution in [-0.4, -0.2) is 83.1 Å². The Hall–Kier alpha value is -14.5. The van der Waals surface area contributed by atoms with Gasteiger partial charge in [-0.2, -0.15) is 0 Å². The molecular weight excluding hydrogens is 1560 g/mol. The van der Waals surface area contributed by atoms with Crippen LogP contribution in [0.2, 0.25) is 0 Å². The van der Waals surface area contributed by atoms with Crippen LogP contribution in [0.5, 0.6) is 86.2 Å². The molecule has 3 heterocycles. The van der Waals surface area contributed by atoms with E-state index < -0.39 is 149 Å². The molecule has 3 aliphatic heterocycles. The number of hydrogen-bond acceptors (Lipinski definition) is 28. The predicted molar refractivity (Wildman–Crippen MR) is 427 cm³/mol. The molecule has 8 atom stereocenters. The molecule has 0 bridgehead atoms. The zero-order chi connectivity index (χ0) is 85.9. The maximum Gasteiger partial charge on any atom is 0.308 e. The third-order valence-corrected chi connectivity index (χ3v) is 19.2. The fourth-order valence-corrected chi connectivity index (χ4v) is 14.7. The number of carbonyl (C=O) groups excluding carboxylic acids is 10. The van der Waals surface area contributed by atoms with Gasteiger partial charge in [-0.05, 0) is 64.2 Å². The molecular formula is C93H82O28. The molecule has 28 nitrogen and oxygen atoms in total. The van der Waals surface area contributed by atoms with Crippen molar-refractivity contribution in [2.45, 2.75) is 151 Å². The second-order valence-electron chi connectivity index (χ2n) is 28.4. The third kappa shape index (κ3) is 20.2. The molecule has 0 radical (unpaired) electrons. The molecule has 0 aliphatic carbocycles. The number of hydrogen-bond donors (Lipinski definition) is 1. The first kappa shape index (κ1) is 84.4. The molecule has 0 unspecified atom stereocenters. The van der Waals surface area contributed by atoms with Crippen LogP contribution in [0.25, 0.3) is 0 Å². The molecule has 0 fully saturated rings. The Morgan fingerprint density at radius 1 is 0.306 bits per heavy atom. The normalized spacial score (nSPS) is 17.2. The van der Waals surface area contributed by atoms with E-state index in [4.69, 9.17) is 80.5 Å². The lowest BCUT2D eigenvalue weighted by atomic mass is 9.73. The second-order valence-corrected chi connectivity index (χ2v) is 28.4. The Morgan fingerprint density at radius 2 is 0.669 bits per heavy atom. The lowest BCUT2D eigenvalue weighted by Gasteiger charge is -2.45. The van der Waals surface area contributed by atoms with Gasteiger partial charge in [-0.25, -0.2) is 0 Å². The highest BCUT2D eigenvalue weighted by molar-refractivity contribution is 5.82. The third-order valence-electron chi connectivity index (χ3n) is 19.2. The molecule has 0 saturated heterocycles. The van der Waals surface area contributed by atoms with Crippen molar-refractivity contribution in [2.24, 2.45) is 0 Å². The van der Waals surface area contributed by atoms with Crippen molar-refractivity contribution in [2.75, 3.05) is 0 Å². The fourth-order valence-electron chi connectivity index (χ4n) is 14.7. The highest BCUT2D eigenvalue weighted by atomic mass is 16.6. The van der Waals surface area contributed by atoms with Crippen LogP contribution in [0.3, 0.4) is 0 Å². The van der Waals surface area contributed by atoms with Gasteiger partial charge >= 0.3 is 59.7 Å². The van der Waals surface area contributed by atoms with E-state index in [0.29, 0.717) is 5.56 Å². The minimum atomic E-state index is -1.98. The summed E-state index contributed by atoms with van der Waals surface area (Å²) in [5.74, 6) is -16.4. The van der Waals surface area contributed by atoms with E-state index in [9.17, 15) is 53.1 Å². The van der Waals surface area contributed by atoms with Crippen LogP contribution in [0, 0.1) is 0 Å². The highest BCUT2D eigenvalue weighted by Gasteiger charge is 2.54. The van der Waals surface area contributed by atoms with Gasteiger partial charge in [0, 0.05) is 139 Å². The van der Waals surface area contributed by atoms with Gasteiger partial charge in [0.15, 0.2) is 58.9 Å².